The van der Waals surface area contributed by atoms with Crippen molar-refractivity contribution in [2.24, 2.45) is 5.92 Å². The number of ether oxygens (including phenoxy) is 1. The second kappa shape index (κ2) is 8.22. The average molecular weight is 302 g/mol. The van der Waals surface area contributed by atoms with E-state index < -0.39 is 0 Å². The molecule has 0 spiro atoms. The van der Waals surface area contributed by atoms with Crippen molar-refractivity contribution in [3.8, 4) is 5.75 Å². The molecule has 0 bridgehead atoms. The zero-order valence-electron chi connectivity index (χ0n) is 12.8. The van der Waals surface area contributed by atoms with Crippen LogP contribution in [0.3, 0.4) is 0 Å². The number of amides is 2. The number of hydrogen-bond donors (Lipinski definition) is 2. The highest BCUT2D eigenvalue weighted by Crippen LogP contribution is 2.18. The molecule has 22 heavy (non-hydrogen) atoms. The zero-order chi connectivity index (χ0) is 15.8. The Morgan fingerprint density at radius 3 is 2.64 bits per heavy atom. The van der Waals surface area contributed by atoms with Gasteiger partial charge in [-0.15, -0.1) is 0 Å². The van der Waals surface area contributed by atoms with E-state index in [0.717, 1.165) is 25.0 Å². The van der Waals surface area contributed by atoms with Gasteiger partial charge in [-0.25, -0.2) is 0 Å². The SMILES string of the molecule is CCOc1ccc(NC(=O)CNC(=O)C2CC=CCC2)cc1. The summed E-state index contributed by atoms with van der Waals surface area (Å²) in [6.45, 7) is 2.51. The van der Waals surface area contributed by atoms with Gasteiger partial charge in [0.2, 0.25) is 11.8 Å². The van der Waals surface area contributed by atoms with Crippen LogP contribution in [0, 0.1) is 5.92 Å². The largest absolute Gasteiger partial charge is 0.494 e. The quantitative estimate of drug-likeness (QED) is 0.793. The number of allylic oxidation sites excluding steroid dienone is 2. The van der Waals surface area contributed by atoms with Crippen LogP contribution in [0.5, 0.6) is 5.75 Å². The van der Waals surface area contributed by atoms with Gasteiger partial charge < -0.3 is 15.4 Å². The zero-order valence-corrected chi connectivity index (χ0v) is 12.8. The lowest BCUT2D eigenvalue weighted by Crippen LogP contribution is -2.37. The summed E-state index contributed by atoms with van der Waals surface area (Å²) < 4.78 is 5.34. The van der Waals surface area contributed by atoms with Crippen LogP contribution in [0.25, 0.3) is 0 Å². The van der Waals surface area contributed by atoms with Gasteiger partial charge in [-0.05, 0) is 50.5 Å². The van der Waals surface area contributed by atoms with Crippen molar-refractivity contribution in [1.82, 2.24) is 5.32 Å². The molecule has 2 N–H and O–H groups in total. The number of nitrogens with one attached hydrogen (secondary N) is 2. The maximum absolute atomic E-state index is 11.9. The topological polar surface area (TPSA) is 67.4 Å². The molecule has 1 unspecified atom stereocenters. The van der Waals surface area contributed by atoms with Gasteiger partial charge in [-0.1, -0.05) is 12.2 Å². The maximum atomic E-state index is 11.9. The molecule has 2 rings (SSSR count). The van der Waals surface area contributed by atoms with Crippen LogP contribution in [0.15, 0.2) is 36.4 Å². The van der Waals surface area contributed by atoms with Crippen molar-refractivity contribution < 1.29 is 14.3 Å². The summed E-state index contributed by atoms with van der Waals surface area (Å²) in [7, 11) is 0. The second-order valence-corrected chi connectivity index (χ2v) is 5.20. The molecule has 1 aromatic carbocycles. The minimum atomic E-state index is -0.233. The van der Waals surface area contributed by atoms with Crippen molar-refractivity contribution in [3.63, 3.8) is 0 Å². The molecular weight excluding hydrogens is 280 g/mol. The van der Waals surface area contributed by atoms with E-state index in [2.05, 4.69) is 16.7 Å². The summed E-state index contributed by atoms with van der Waals surface area (Å²) in [5.41, 5.74) is 0.684. The van der Waals surface area contributed by atoms with Crippen molar-refractivity contribution in [1.29, 1.82) is 0 Å². The highest BCUT2D eigenvalue weighted by molar-refractivity contribution is 5.94. The van der Waals surface area contributed by atoms with Gasteiger partial charge in [-0.3, -0.25) is 9.59 Å². The van der Waals surface area contributed by atoms with Gasteiger partial charge in [-0.2, -0.15) is 0 Å². The molecule has 0 saturated heterocycles. The fourth-order valence-corrected chi connectivity index (χ4v) is 2.35. The summed E-state index contributed by atoms with van der Waals surface area (Å²) in [6, 6.07) is 7.14. The molecule has 1 aliphatic carbocycles. The van der Waals surface area contributed by atoms with Gasteiger partial charge in [0.05, 0.1) is 13.2 Å². The molecule has 5 heteroatoms. The normalized spacial score (nSPS) is 16.9. The Hall–Kier alpha value is -2.30. The summed E-state index contributed by atoms with van der Waals surface area (Å²) in [4.78, 5) is 23.8. The lowest BCUT2D eigenvalue weighted by atomic mass is 9.94. The first-order valence-corrected chi connectivity index (χ1v) is 7.64. The number of rotatable bonds is 6. The second-order valence-electron chi connectivity index (χ2n) is 5.20. The molecule has 0 aromatic heterocycles. The first-order chi connectivity index (χ1) is 10.7. The molecule has 1 aromatic rings. The summed E-state index contributed by atoms with van der Waals surface area (Å²) in [6.07, 6.45) is 6.64. The summed E-state index contributed by atoms with van der Waals surface area (Å²) in [5, 5.41) is 5.44. The number of carbonyl (C=O) groups excluding carboxylic acids is 2. The van der Waals surface area contributed by atoms with Crippen LogP contribution < -0.4 is 15.4 Å². The fourth-order valence-electron chi connectivity index (χ4n) is 2.35. The number of hydrogen-bond acceptors (Lipinski definition) is 3. The molecule has 0 saturated carbocycles. The monoisotopic (exact) mass is 302 g/mol. The minimum absolute atomic E-state index is 0.00768. The standard InChI is InChI=1S/C17H22N2O3/c1-2-22-15-10-8-14(9-11-15)19-16(20)12-18-17(21)13-6-4-3-5-7-13/h3-4,8-11,13H,2,5-7,12H2,1H3,(H,18,21)(H,19,20). The Balaban J connectivity index is 1.75. The van der Waals surface area contributed by atoms with Crippen LogP contribution in [-0.2, 0) is 9.59 Å². The lowest BCUT2D eigenvalue weighted by Gasteiger charge is -2.17. The summed E-state index contributed by atoms with van der Waals surface area (Å²) in [5.74, 6) is 0.470. The van der Waals surface area contributed by atoms with Gasteiger partial charge in [0.1, 0.15) is 5.75 Å². The van der Waals surface area contributed by atoms with Crippen molar-refractivity contribution >= 4 is 17.5 Å². The summed E-state index contributed by atoms with van der Waals surface area (Å²) >= 11 is 0. The van der Waals surface area contributed by atoms with Gasteiger partial charge in [0, 0.05) is 11.6 Å². The van der Waals surface area contributed by atoms with E-state index in [-0.39, 0.29) is 24.3 Å². The van der Waals surface area contributed by atoms with Crippen molar-refractivity contribution in [2.45, 2.75) is 26.2 Å². The fraction of sp³-hybridized carbons (Fsp3) is 0.412. The molecule has 0 fully saturated rings. The molecule has 118 valence electrons. The third-order valence-electron chi connectivity index (χ3n) is 3.51. The average Bonchev–Trinajstić information content (AvgIpc) is 2.55. The predicted molar refractivity (Wildman–Crippen MR) is 85.7 cm³/mol. The maximum Gasteiger partial charge on any atom is 0.243 e. The Bertz CT molecular complexity index is 537. The first kappa shape index (κ1) is 16.1. The van der Waals surface area contributed by atoms with Crippen LogP contribution in [0.2, 0.25) is 0 Å². The van der Waals surface area contributed by atoms with E-state index in [1.54, 1.807) is 24.3 Å². The molecule has 1 atom stereocenters. The molecule has 5 nitrogen and oxygen atoms in total. The Labute approximate surface area is 130 Å². The van der Waals surface area contributed by atoms with Crippen LogP contribution >= 0.6 is 0 Å². The Morgan fingerprint density at radius 1 is 1.23 bits per heavy atom. The Morgan fingerprint density at radius 2 is 2.00 bits per heavy atom. The van der Waals surface area contributed by atoms with E-state index in [4.69, 9.17) is 4.74 Å². The molecule has 0 heterocycles. The van der Waals surface area contributed by atoms with Gasteiger partial charge >= 0.3 is 0 Å². The van der Waals surface area contributed by atoms with Crippen LogP contribution in [0.1, 0.15) is 26.2 Å². The van der Waals surface area contributed by atoms with E-state index in [0.29, 0.717) is 12.3 Å². The molecule has 2 amide bonds. The highest BCUT2D eigenvalue weighted by Gasteiger charge is 2.18. The van der Waals surface area contributed by atoms with Crippen molar-refractivity contribution in [2.75, 3.05) is 18.5 Å². The van der Waals surface area contributed by atoms with Crippen molar-refractivity contribution in [3.05, 3.63) is 36.4 Å². The molecule has 0 aliphatic heterocycles. The van der Waals surface area contributed by atoms with Crippen LogP contribution in [-0.4, -0.2) is 25.0 Å². The number of benzene rings is 1. The van der Waals surface area contributed by atoms with E-state index in [9.17, 15) is 9.59 Å². The van der Waals surface area contributed by atoms with Gasteiger partial charge in [0.25, 0.3) is 0 Å². The third kappa shape index (κ3) is 4.91. The highest BCUT2D eigenvalue weighted by atomic mass is 16.5. The minimum Gasteiger partial charge on any atom is -0.494 e. The number of carbonyl (C=O) groups is 2. The molecule has 1 aliphatic rings. The third-order valence-corrected chi connectivity index (χ3v) is 3.51. The van der Waals surface area contributed by atoms with E-state index >= 15 is 0 Å². The predicted octanol–water partition coefficient (Wildman–Crippen LogP) is 2.50. The smallest absolute Gasteiger partial charge is 0.243 e. The van der Waals surface area contributed by atoms with E-state index in [1.165, 1.54) is 0 Å². The Kier molecular flexibility index (Phi) is 6.01. The lowest BCUT2D eigenvalue weighted by molar-refractivity contribution is -0.127. The molecule has 0 radical (unpaired) electrons. The van der Waals surface area contributed by atoms with E-state index in [1.807, 2.05) is 13.0 Å². The van der Waals surface area contributed by atoms with Gasteiger partial charge in [0.15, 0.2) is 0 Å². The first-order valence-electron chi connectivity index (χ1n) is 7.64. The molecular formula is C17H22N2O3. The number of anilines is 1. The van der Waals surface area contributed by atoms with Crippen LogP contribution in [0.4, 0.5) is 5.69 Å².